The molecule has 1 fully saturated rings. The van der Waals surface area contributed by atoms with E-state index < -0.39 is 11.7 Å². The topological polar surface area (TPSA) is 27.0 Å². The van der Waals surface area contributed by atoms with Crippen LogP contribution in [0.1, 0.15) is 47.6 Å². The Bertz CT molecular complexity index is 862. The van der Waals surface area contributed by atoms with Crippen LogP contribution in [0.2, 0.25) is 0 Å². The Labute approximate surface area is 150 Å². The summed E-state index contributed by atoms with van der Waals surface area (Å²) in [6.45, 7) is 0.766. The normalized spacial score (nSPS) is 19.1. The van der Waals surface area contributed by atoms with Gasteiger partial charge in [0.25, 0.3) is 0 Å². The minimum atomic E-state index is -4.53. The Morgan fingerprint density at radius 3 is 2.54 bits per heavy atom. The molecule has 2 nitrogen and oxygen atoms in total. The van der Waals surface area contributed by atoms with E-state index in [1.807, 2.05) is 12.1 Å². The highest BCUT2D eigenvalue weighted by molar-refractivity contribution is 5.57. The summed E-state index contributed by atoms with van der Waals surface area (Å²) in [6, 6.07) is 14.1. The minimum Gasteiger partial charge on any atom is -0.364 e. The molecule has 5 heteroatoms. The molecule has 0 amide bonds. The van der Waals surface area contributed by atoms with Gasteiger partial charge < -0.3 is 4.90 Å². The molecule has 26 heavy (non-hydrogen) atoms. The predicted octanol–water partition coefficient (Wildman–Crippen LogP) is 5.48. The van der Waals surface area contributed by atoms with Gasteiger partial charge in [0.15, 0.2) is 0 Å². The van der Waals surface area contributed by atoms with E-state index in [-0.39, 0.29) is 11.6 Å². The van der Waals surface area contributed by atoms with Crippen LogP contribution in [0, 0.1) is 17.2 Å². The van der Waals surface area contributed by atoms with Gasteiger partial charge in [-0.05, 0) is 60.9 Å². The van der Waals surface area contributed by atoms with Crippen molar-refractivity contribution in [2.24, 2.45) is 5.92 Å². The molecule has 0 aromatic heterocycles. The van der Waals surface area contributed by atoms with Crippen molar-refractivity contribution >= 4 is 5.69 Å². The molecule has 0 N–H and O–H groups in total. The van der Waals surface area contributed by atoms with Crippen LogP contribution in [-0.2, 0) is 12.6 Å². The van der Waals surface area contributed by atoms with Crippen LogP contribution < -0.4 is 4.90 Å². The number of nitrogens with zero attached hydrogens (tertiary/aromatic N) is 2. The van der Waals surface area contributed by atoms with Crippen molar-refractivity contribution in [2.75, 3.05) is 11.4 Å². The molecule has 2 aromatic rings. The number of hydrogen-bond donors (Lipinski definition) is 0. The lowest BCUT2D eigenvalue weighted by Gasteiger charge is -2.33. The van der Waals surface area contributed by atoms with Gasteiger partial charge in [-0.3, -0.25) is 0 Å². The quantitative estimate of drug-likeness (QED) is 0.725. The van der Waals surface area contributed by atoms with Crippen molar-refractivity contribution in [1.82, 2.24) is 0 Å². The van der Waals surface area contributed by atoms with Crippen molar-refractivity contribution in [2.45, 2.75) is 37.9 Å². The second-order valence-corrected chi connectivity index (χ2v) is 7.19. The van der Waals surface area contributed by atoms with Crippen LogP contribution in [0.5, 0.6) is 0 Å². The number of benzene rings is 2. The molecule has 0 saturated heterocycles. The highest BCUT2D eigenvalue weighted by atomic mass is 19.4. The Kier molecular flexibility index (Phi) is 4.14. The van der Waals surface area contributed by atoms with Gasteiger partial charge >= 0.3 is 6.18 Å². The van der Waals surface area contributed by atoms with E-state index in [1.54, 1.807) is 12.1 Å². The summed E-state index contributed by atoms with van der Waals surface area (Å²) in [5, 5.41) is 9.04. The number of hydrogen-bond acceptors (Lipinski definition) is 2. The molecular weight excluding hydrogens is 337 g/mol. The van der Waals surface area contributed by atoms with Gasteiger partial charge in [-0.1, -0.05) is 24.3 Å². The maximum Gasteiger partial charge on any atom is 0.417 e. The first-order chi connectivity index (χ1) is 12.5. The van der Waals surface area contributed by atoms with Crippen molar-refractivity contribution in [3.8, 4) is 6.07 Å². The third-order valence-corrected chi connectivity index (χ3v) is 5.39. The van der Waals surface area contributed by atoms with E-state index in [9.17, 15) is 13.2 Å². The van der Waals surface area contributed by atoms with E-state index >= 15 is 0 Å². The Morgan fingerprint density at radius 1 is 1.08 bits per heavy atom. The lowest BCUT2D eigenvalue weighted by molar-refractivity contribution is -0.137. The molecule has 0 aliphatic heterocycles. The molecule has 4 rings (SSSR count). The van der Waals surface area contributed by atoms with E-state index in [0.29, 0.717) is 11.6 Å². The predicted molar refractivity (Wildman–Crippen MR) is 93.7 cm³/mol. The van der Waals surface area contributed by atoms with Crippen LogP contribution in [-0.4, -0.2) is 6.54 Å². The lowest BCUT2D eigenvalue weighted by atomic mass is 10.0. The van der Waals surface area contributed by atoms with Crippen molar-refractivity contribution in [3.63, 3.8) is 0 Å². The minimum absolute atomic E-state index is 0.0980. The van der Waals surface area contributed by atoms with Crippen molar-refractivity contribution in [1.29, 1.82) is 5.26 Å². The van der Waals surface area contributed by atoms with Gasteiger partial charge in [0.1, 0.15) is 0 Å². The average Bonchev–Trinajstić information content (AvgIpc) is 3.35. The van der Waals surface area contributed by atoms with Crippen LogP contribution in [0.3, 0.4) is 0 Å². The van der Waals surface area contributed by atoms with E-state index in [2.05, 4.69) is 17.0 Å². The molecule has 0 unspecified atom stereocenters. The van der Waals surface area contributed by atoms with Gasteiger partial charge in [-0.25, -0.2) is 0 Å². The zero-order valence-electron chi connectivity index (χ0n) is 14.3. The summed E-state index contributed by atoms with van der Waals surface area (Å²) in [6.07, 6.45) is -0.404. The van der Waals surface area contributed by atoms with Crippen LogP contribution in [0.4, 0.5) is 18.9 Å². The van der Waals surface area contributed by atoms with Gasteiger partial charge in [-0.15, -0.1) is 0 Å². The first-order valence-corrected chi connectivity index (χ1v) is 8.93. The molecule has 0 heterocycles. The summed E-state index contributed by atoms with van der Waals surface area (Å²) in [5.74, 6) is 0.549. The standard InChI is InChI=1S/C21H19F3N2/c22-21(23,24)19-11-17(9-7-16(19)12-25)26(13-14-5-6-14)20-10-8-15-3-1-2-4-18(15)20/h1-4,7,9,11,14,20H,5-6,8,10,13H2/t20-/m0/s1. The molecule has 2 aliphatic rings. The Balaban J connectivity index is 1.75. The zero-order chi connectivity index (χ0) is 18.3. The number of anilines is 1. The van der Waals surface area contributed by atoms with Crippen LogP contribution in [0.15, 0.2) is 42.5 Å². The Hall–Kier alpha value is -2.48. The molecule has 0 bridgehead atoms. The summed E-state index contributed by atoms with van der Waals surface area (Å²) in [5.41, 5.74) is 1.89. The number of fused-ring (bicyclic) bond motifs is 1. The fourth-order valence-electron chi connectivity index (χ4n) is 3.89. The first-order valence-electron chi connectivity index (χ1n) is 8.93. The third kappa shape index (κ3) is 3.16. The Morgan fingerprint density at radius 2 is 1.85 bits per heavy atom. The van der Waals surface area contributed by atoms with Gasteiger partial charge in [-0.2, -0.15) is 18.4 Å². The van der Waals surface area contributed by atoms with Crippen LogP contribution in [0.25, 0.3) is 0 Å². The summed E-state index contributed by atoms with van der Waals surface area (Å²) >= 11 is 0. The SMILES string of the molecule is N#Cc1ccc(N(CC2CC2)[C@H]2CCc3ccccc32)cc1C(F)(F)F. The van der Waals surface area contributed by atoms with E-state index in [0.717, 1.165) is 38.3 Å². The molecule has 0 radical (unpaired) electrons. The summed E-state index contributed by atoms with van der Waals surface area (Å²) < 4.78 is 40.2. The van der Waals surface area contributed by atoms with Gasteiger partial charge in [0.05, 0.1) is 23.2 Å². The highest BCUT2D eigenvalue weighted by Gasteiger charge is 2.36. The number of nitriles is 1. The van der Waals surface area contributed by atoms with Gasteiger partial charge in [0.2, 0.25) is 0 Å². The summed E-state index contributed by atoms with van der Waals surface area (Å²) in [4.78, 5) is 2.12. The fourth-order valence-corrected chi connectivity index (χ4v) is 3.89. The highest BCUT2D eigenvalue weighted by Crippen LogP contribution is 2.43. The zero-order valence-corrected chi connectivity index (χ0v) is 14.3. The first kappa shape index (κ1) is 17.0. The molecular formula is C21H19F3N2. The fraction of sp³-hybridized carbons (Fsp3) is 0.381. The smallest absolute Gasteiger partial charge is 0.364 e. The lowest BCUT2D eigenvalue weighted by Crippen LogP contribution is -2.30. The molecule has 134 valence electrons. The number of halogens is 3. The number of aryl methyl sites for hydroxylation is 1. The largest absolute Gasteiger partial charge is 0.417 e. The second-order valence-electron chi connectivity index (χ2n) is 7.19. The molecule has 2 aliphatic carbocycles. The van der Waals surface area contributed by atoms with Gasteiger partial charge in [0, 0.05) is 12.2 Å². The molecule has 1 saturated carbocycles. The molecule has 0 spiro atoms. The molecule has 2 aromatic carbocycles. The maximum absolute atomic E-state index is 13.4. The van der Waals surface area contributed by atoms with Crippen LogP contribution >= 0.6 is 0 Å². The maximum atomic E-state index is 13.4. The molecule has 1 atom stereocenters. The van der Waals surface area contributed by atoms with E-state index in [4.69, 9.17) is 5.26 Å². The van der Waals surface area contributed by atoms with Crippen molar-refractivity contribution < 1.29 is 13.2 Å². The van der Waals surface area contributed by atoms with E-state index in [1.165, 1.54) is 17.2 Å². The summed E-state index contributed by atoms with van der Waals surface area (Å²) in [7, 11) is 0. The second kappa shape index (κ2) is 6.35. The number of rotatable bonds is 4. The monoisotopic (exact) mass is 356 g/mol. The third-order valence-electron chi connectivity index (χ3n) is 5.39. The number of alkyl halides is 3. The average molecular weight is 356 g/mol. The van der Waals surface area contributed by atoms with Crippen molar-refractivity contribution in [3.05, 3.63) is 64.7 Å².